The average Bonchev–Trinajstić information content (AvgIpc) is 3.44. The summed E-state index contributed by atoms with van der Waals surface area (Å²) in [5.74, 6) is 4.85. The summed E-state index contributed by atoms with van der Waals surface area (Å²) in [7, 11) is 0. The number of rotatable bonds is 2. The number of halogens is 3. The maximum absolute atomic E-state index is 14.0. The van der Waals surface area contributed by atoms with E-state index in [9.17, 15) is 22.8 Å². The van der Waals surface area contributed by atoms with Gasteiger partial charge in [0, 0.05) is 29.4 Å². The lowest BCUT2D eigenvalue weighted by atomic mass is 9.85. The highest BCUT2D eigenvalue weighted by molar-refractivity contribution is 5.95. The molecule has 1 aromatic carbocycles. The number of hydrogen-bond acceptors (Lipinski definition) is 3. The Balaban J connectivity index is 1.78. The van der Waals surface area contributed by atoms with E-state index in [4.69, 9.17) is 0 Å². The molecular weight excluding hydrogens is 373 g/mol. The molecule has 144 valence electrons. The Morgan fingerprint density at radius 1 is 1.25 bits per heavy atom. The second-order valence-electron chi connectivity index (χ2n) is 6.77. The van der Waals surface area contributed by atoms with Gasteiger partial charge in [-0.1, -0.05) is 24.0 Å². The van der Waals surface area contributed by atoms with Crippen molar-refractivity contribution in [3.05, 3.63) is 58.0 Å². The van der Waals surface area contributed by atoms with Crippen molar-refractivity contribution in [1.82, 2.24) is 15.1 Å². The third-order valence-corrected chi connectivity index (χ3v) is 4.62. The Kier molecular flexibility index (Phi) is 4.14. The van der Waals surface area contributed by atoms with Gasteiger partial charge in [0.05, 0.1) is 6.54 Å². The van der Waals surface area contributed by atoms with Crippen LogP contribution in [0.25, 0.3) is 0 Å². The molecule has 1 aliphatic heterocycles. The van der Waals surface area contributed by atoms with Gasteiger partial charge in [0.15, 0.2) is 0 Å². The fourth-order valence-corrected chi connectivity index (χ4v) is 3.02. The molecule has 28 heavy (non-hydrogen) atoms. The molecule has 1 atom stereocenters. The Labute approximate surface area is 157 Å². The Morgan fingerprint density at radius 3 is 2.71 bits per heavy atom. The monoisotopic (exact) mass is 388 g/mol. The molecular formula is C19H15F3N4O2. The maximum Gasteiger partial charge on any atom is 0.427 e. The van der Waals surface area contributed by atoms with Gasteiger partial charge in [-0.15, -0.1) is 0 Å². The van der Waals surface area contributed by atoms with Crippen LogP contribution in [0.1, 0.15) is 24.0 Å². The van der Waals surface area contributed by atoms with Crippen LogP contribution in [0.2, 0.25) is 0 Å². The molecule has 2 amide bonds. The standard InChI is InChI=1S/C19H15F3N4O2/c20-19(21,22)18(8-7-12-3-4-12)14-6-5-13(10-15(14)24-17(28)25-18)11-26-16(27)2-1-9-23-26/h1-2,5-6,9-10,12H,3-4,11H2,(H2,24,25,28). The van der Waals surface area contributed by atoms with Crippen LogP contribution in [0.4, 0.5) is 23.7 Å². The van der Waals surface area contributed by atoms with Crippen molar-refractivity contribution in [2.45, 2.75) is 31.1 Å². The SMILES string of the molecule is O=C1Nc2cc(Cn3ncccc3=O)ccc2C(C#CC2CC2)(C(F)(F)F)N1. The lowest BCUT2D eigenvalue weighted by Gasteiger charge is -2.37. The fourth-order valence-electron chi connectivity index (χ4n) is 3.02. The Bertz CT molecular complexity index is 1060. The molecule has 0 saturated heterocycles. The molecule has 9 heteroatoms. The smallest absolute Gasteiger partial charge is 0.310 e. The quantitative estimate of drug-likeness (QED) is 0.777. The molecule has 1 unspecified atom stereocenters. The van der Waals surface area contributed by atoms with Gasteiger partial charge in [-0.05, 0) is 30.5 Å². The number of hydrogen-bond donors (Lipinski definition) is 2. The molecule has 2 aromatic rings. The van der Waals surface area contributed by atoms with Crippen LogP contribution in [0.15, 0.2) is 41.3 Å². The second kappa shape index (κ2) is 6.41. The number of benzene rings is 1. The summed E-state index contributed by atoms with van der Waals surface area (Å²) >= 11 is 0. The molecule has 1 fully saturated rings. The second-order valence-corrected chi connectivity index (χ2v) is 6.77. The van der Waals surface area contributed by atoms with E-state index in [2.05, 4.69) is 22.3 Å². The van der Waals surface area contributed by atoms with E-state index < -0.39 is 17.7 Å². The van der Waals surface area contributed by atoms with Crippen LogP contribution in [0.5, 0.6) is 0 Å². The van der Waals surface area contributed by atoms with E-state index in [1.165, 1.54) is 41.2 Å². The average molecular weight is 388 g/mol. The summed E-state index contributed by atoms with van der Waals surface area (Å²) in [5.41, 5.74) is -2.76. The topological polar surface area (TPSA) is 76.0 Å². The van der Waals surface area contributed by atoms with Crippen molar-refractivity contribution in [1.29, 1.82) is 0 Å². The van der Waals surface area contributed by atoms with E-state index in [0.717, 1.165) is 12.8 Å². The van der Waals surface area contributed by atoms with Crippen molar-refractivity contribution in [2.24, 2.45) is 5.92 Å². The van der Waals surface area contributed by atoms with E-state index in [0.29, 0.717) is 5.56 Å². The molecule has 2 N–H and O–H groups in total. The van der Waals surface area contributed by atoms with Gasteiger partial charge in [0.2, 0.25) is 5.54 Å². The zero-order valence-electron chi connectivity index (χ0n) is 14.5. The third kappa shape index (κ3) is 3.22. The summed E-state index contributed by atoms with van der Waals surface area (Å²) in [6.45, 7) is 0.0586. The molecule has 4 rings (SSSR count). The maximum atomic E-state index is 14.0. The minimum Gasteiger partial charge on any atom is -0.310 e. The zero-order valence-corrected chi connectivity index (χ0v) is 14.5. The molecule has 1 aromatic heterocycles. The zero-order chi connectivity index (χ0) is 19.9. The van der Waals surface area contributed by atoms with Crippen molar-refractivity contribution >= 4 is 11.7 Å². The first-order chi connectivity index (χ1) is 13.3. The predicted octanol–water partition coefficient (Wildman–Crippen LogP) is 2.60. The number of aromatic nitrogens is 2. The number of alkyl halides is 3. The Morgan fingerprint density at radius 2 is 2.04 bits per heavy atom. The fraction of sp³-hybridized carbons (Fsp3) is 0.316. The molecule has 0 spiro atoms. The number of nitrogens with one attached hydrogen (secondary N) is 2. The molecule has 2 heterocycles. The largest absolute Gasteiger partial charge is 0.427 e. The van der Waals surface area contributed by atoms with Crippen molar-refractivity contribution in [3.63, 3.8) is 0 Å². The predicted molar refractivity (Wildman–Crippen MR) is 94.4 cm³/mol. The minimum atomic E-state index is -4.80. The molecule has 0 radical (unpaired) electrons. The van der Waals surface area contributed by atoms with Gasteiger partial charge >= 0.3 is 12.2 Å². The van der Waals surface area contributed by atoms with Gasteiger partial charge in [-0.25, -0.2) is 9.48 Å². The summed E-state index contributed by atoms with van der Waals surface area (Å²) in [6, 6.07) is 6.00. The van der Waals surface area contributed by atoms with Gasteiger partial charge < -0.3 is 10.6 Å². The van der Waals surface area contributed by atoms with Crippen LogP contribution < -0.4 is 16.2 Å². The van der Waals surface area contributed by atoms with E-state index in [-0.39, 0.29) is 29.3 Å². The number of urea groups is 1. The number of carbonyl (C=O) groups excluding carboxylic acids is 1. The molecule has 0 bridgehead atoms. The highest BCUT2D eigenvalue weighted by Crippen LogP contribution is 2.44. The molecule has 2 aliphatic rings. The third-order valence-electron chi connectivity index (χ3n) is 4.62. The van der Waals surface area contributed by atoms with Gasteiger partial charge in [-0.3, -0.25) is 4.79 Å². The van der Waals surface area contributed by atoms with Crippen LogP contribution >= 0.6 is 0 Å². The van der Waals surface area contributed by atoms with Crippen LogP contribution in [-0.2, 0) is 12.1 Å². The van der Waals surface area contributed by atoms with Crippen LogP contribution in [0, 0.1) is 17.8 Å². The van der Waals surface area contributed by atoms with Gasteiger partial charge in [0.25, 0.3) is 5.56 Å². The first kappa shape index (κ1) is 18.1. The molecule has 1 aliphatic carbocycles. The van der Waals surface area contributed by atoms with Crippen molar-refractivity contribution < 1.29 is 18.0 Å². The van der Waals surface area contributed by atoms with Crippen LogP contribution in [0.3, 0.4) is 0 Å². The number of nitrogens with zero attached hydrogens (tertiary/aromatic N) is 2. The van der Waals surface area contributed by atoms with Crippen molar-refractivity contribution in [2.75, 3.05) is 5.32 Å². The number of anilines is 1. The summed E-state index contributed by atoms with van der Waals surface area (Å²) < 4.78 is 43.2. The van der Waals surface area contributed by atoms with E-state index >= 15 is 0 Å². The summed E-state index contributed by atoms with van der Waals surface area (Å²) in [4.78, 5) is 23.8. The first-order valence-electron chi connectivity index (χ1n) is 8.63. The normalized spacial score (nSPS) is 21.0. The summed E-state index contributed by atoms with van der Waals surface area (Å²) in [6.07, 6.45) is -1.84. The van der Waals surface area contributed by atoms with E-state index in [1.54, 1.807) is 0 Å². The molecule has 1 saturated carbocycles. The molecule has 6 nitrogen and oxygen atoms in total. The Hall–Kier alpha value is -3.28. The number of carbonyl (C=O) groups is 1. The highest BCUT2D eigenvalue weighted by Gasteiger charge is 2.59. The van der Waals surface area contributed by atoms with E-state index in [1.807, 2.05) is 5.32 Å². The first-order valence-corrected chi connectivity index (χ1v) is 8.63. The summed E-state index contributed by atoms with van der Waals surface area (Å²) in [5, 5.41) is 8.30. The number of fused-ring (bicyclic) bond motifs is 1. The number of amides is 2. The lowest BCUT2D eigenvalue weighted by molar-refractivity contribution is -0.178. The van der Waals surface area contributed by atoms with Crippen molar-refractivity contribution in [3.8, 4) is 11.8 Å². The van der Waals surface area contributed by atoms with Gasteiger partial charge in [-0.2, -0.15) is 18.3 Å². The minimum absolute atomic E-state index is 0.00709. The van der Waals surface area contributed by atoms with Gasteiger partial charge in [0.1, 0.15) is 0 Å². The lowest BCUT2D eigenvalue weighted by Crippen LogP contribution is -2.59. The van der Waals surface area contributed by atoms with Crippen LogP contribution in [-0.4, -0.2) is 22.0 Å². The highest BCUT2D eigenvalue weighted by atomic mass is 19.4.